The fourth-order valence-electron chi connectivity index (χ4n) is 2.35. The van der Waals surface area contributed by atoms with Gasteiger partial charge in [0.2, 0.25) is 0 Å². The van der Waals surface area contributed by atoms with E-state index in [0.29, 0.717) is 0 Å². The van der Waals surface area contributed by atoms with E-state index in [0.717, 1.165) is 31.6 Å². The van der Waals surface area contributed by atoms with Gasteiger partial charge in [0.05, 0.1) is 9.40 Å². The molecule has 4 nitrogen and oxygen atoms in total. The van der Waals surface area contributed by atoms with Crippen molar-refractivity contribution in [3.05, 3.63) is 23.3 Å². The lowest BCUT2D eigenvalue weighted by Gasteiger charge is -2.04. The molecule has 0 radical (unpaired) electrons. The van der Waals surface area contributed by atoms with Crippen LogP contribution in [0.15, 0.2) is 12.1 Å². The molecule has 0 aliphatic rings. The van der Waals surface area contributed by atoms with Gasteiger partial charge in [0.15, 0.2) is 0 Å². The van der Waals surface area contributed by atoms with Crippen molar-refractivity contribution in [3.8, 4) is 0 Å². The van der Waals surface area contributed by atoms with E-state index in [1.807, 2.05) is 0 Å². The Morgan fingerprint density at radius 1 is 0.778 bits per heavy atom. The van der Waals surface area contributed by atoms with Crippen LogP contribution in [-0.2, 0) is 0 Å². The highest BCUT2D eigenvalue weighted by atomic mass is 32.1. The third-order valence-electron chi connectivity index (χ3n) is 3.22. The highest BCUT2D eigenvalue weighted by Gasteiger charge is 2.13. The quantitative estimate of drug-likeness (QED) is 0.492. The maximum absolute atomic E-state index is 4.21. The maximum atomic E-state index is 4.21. The van der Waals surface area contributed by atoms with Crippen molar-refractivity contribution in [2.75, 3.05) is 0 Å². The first-order valence-corrected chi connectivity index (χ1v) is 7.07. The van der Waals surface area contributed by atoms with E-state index in [9.17, 15) is 0 Å². The van der Waals surface area contributed by atoms with Crippen molar-refractivity contribution in [1.29, 1.82) is 0 Å². The van der Waals surface area contributed by atoms with Crippen LogP contribution in [0.25, 0.3) is 31.2 Å². The minimum Gasteiger partial charge on any atom is -0.138 e. The van der Waals surface area contributed by atoms with Gasteiger partial charge in [0, 0.05) is 10.8 Å². The van der Waals surface area contributed by atoms with E-state index in [2.05, 4.69) is 45.2 Å². The summed E-state index contributed by atoms with van der Waals surface area (Å²) in [7, 11) is 0. The molecular weight excluding hydrogens is 264 g/mol. The van der Waals surface area contributed by atoms with Crippen LogP contribution in [0.5, 0.6) is 0 Å². The summed E-state index contributed by atoms with van der Waals surface area (Å²) >= 11 is 2.91. The average molecular weight is 272 g/mol. The Labute approximate surface area is 111 Å². The number of fused-ring (bicyclic) bond motifs is 5. The Kier molecular flexibility index (Phi) is 1.96. The molecule has 0 N–H and O–H groups in total. The number of nitrogens with zero attached hydrogens (tertiary/aromatic N) is 4. The number of aryl methyl sites for hydroxylation is 2. The van der Waals surface area contributed by atoms with Gasteiger partial charge in [0.1, 0.15) is 11.0 Å². The van der Waals surface area contributed by atoms with Gasteiger partial charge in [-0.1, -0.05) is 8.98 Å². The molecule has 0 unspecified atom stereocenters. The monoisotopic (exact) mass is 272 g/mol. The minimum absolute atomic E-state index is 1.00. The van der Waals surface area contributed by atoms with Crippen molar-refractivity contribution in [2.24, 2.45) is 0 Å². The molecule has 4 aromatic rings. The van der Waals surface area contributed by atoms with Gasteiger partial charge in [-0.25, -0.2) is 0 Å². The molecule has 0 saturated heterocycles. The first-order valence-electron chi connectivity index (χ1n) is 5.53. The van der Waals surface area contributed by atoms with Crippen LogP contribution in [-0.4, -0.2) is 19.2 Å². The third kappa shape index (κ3) is 1.19. The lowest BCUT2D eigenvalue weighted by atomic mass is 10.0. The van der Waals surface area contributed by atoms with Crippen molar-refractivity contribution < 1.29 is 0 Å². The summed E-state index contributed by atoms with van der Waals surface area (Å²) in [5, 5.41) is 10.8. The van der Waals surface area contributed by atoms with E-state index >= 15 is 0 Å². The molecule has 6 heteroatoms. The topological polar surface area (TPSA) is 51.6 Å². The van der Waals surface area contributed by atoms with Gasteiger partial charge in [-0.2, -0.15) is 0 Å². The van der Waals surface area contributed by atoms with Crippen LogP contribution in [0.3, 0.4) is 0 Å². The zero-order valence-electron chi connectivity index (χ0n) is 9.76. The number of hydrogen-bond donors (Lipinski definition) is 0. The summed E-state index contributed by atoms with van der Waals surface area (Å²) in [6.45, 7) is 4.15. The van der Waals surface area contributed by atoms with Gasteiger partial charge in [0.25, 0.3) is 0 Å². The van der Waals surface area contributed by atoms with E-state index in [1.165, 1.54) is 33.8 Å². The highest BCUT2D eigenvalue weighted by molar-refractivity contribution is 7.15. The summed E-state index contributed by atoms with van der Waals surface area (Å²) in [5.41, 5.74) is 4.32. The van der Waals surface area contributed by atoms with Crippen LogP contribution in [0, 0.1) is 13.8 Å². The molecule has 0 aliphatic carbocycles. The Balaban J connectivity index is 2.40. The van der Waals surface area contributed by atoms with E-state index in [1.54, 1.807) is 0 Å². The molecule has 0 aliphatic heterocycles. The molecular formula is C12H8N4S2. The first-order chi connectivity index (χ1) is 8.75. The second-order valence-corrected chi connectivity index (χ2v) is 5.89. The molecule has 0 atom stereocenters. The molecule has 18 heavy (non-hydrogen) atoms. The molecule has 0 spiro atoms. The zero-order valence-corrected chi connectivity index (χ0v) is 11.4. The smallest absolute Gasteiger partial charge is 0.109 e. The normalized spacial score (nSPS) is 11.9. The molecule has 88 valence electrons. The van der Waals surface area contributed by atoms with Crippen LogP contribution < -0.4 is 0 Å². The van der Waals surface area contributed by atoms with Crippen LogP contribution >= 0.6 is 23.1 Å². The standard InChI is InChI=1S/C12H8N4S2/c1-5-3-7-8(11-9(5)13-15-17-11)4-6(2)10-12(7)18-16-14-10/h3-4H,1-2H3. The van der Waals surface area contributed by atoms with Crippen LogP contribution in [0.1, 0.15) is 11.1 Å². The average Bonchev–Trinajstić information content (AvgIpc) is 2.98. The minimum atomic E-state index is 1.00. The number of rotatable bonds is 0. The van der Waals surface area contributed by atoms with Gasteiger partial charge >= 0.3 is 0 Å². The number of hydrogen-bond acceptors (Lipinski definition) is 6. The molecule has 4 rings (SSSR count). The molecule has 2 heterocycles. The van der Waals surface area contributed by atoms with E-state index < -0.39 is 0 Å². The van der Waals surface area contributed by atoms with Crippen molar-refractivity contribution >= 4 is 54.3 Å². The molecule has 0 amide bonds. The summed E-state index contributed by atoms with van der Waals surface area (Å²) in [4.78, 5) is 0. The van der Waals surface area contributed by atoms with Crippen molar-refractivity contribution in [3.63, 3.8) is 0 Å². The second-order valence-electron chi connectivity index (χ2n) is 4.38. The van der Waals surface area contributed by atoms with Crippen LogP contribution in [0.4, 0.5) is 0 Å². The SMILES string of the molecule is Cc1cc2c(cc(C)c3nnsc32)c2snnc12. The summed E-state index contributed by atoms with van der Waals surface area (Å²) in [5.74, 6) is 0. The molecule has 0 saturated carbocycles. The molecule has 0 bridgehead atoms. The number of aromatic nitrogens is 4. The summed E-state index contributed by atoms with van der Waals surface area (Å²) in [6.07, 6.45) is 0. The largest absolute Gasteiger partial charge is 0.138 e. The predicted molar refractivity (Wildman–Crippen MR) is 75.4 cm³/mol. The van der Waals surface area contributed by atoms with E-state index in [-0.39, 0.29) is 0 Å². The predicted octanol–water partition coefficient (Wildman–Crippen LogP) is 3.47. The van der Waals surface area contributed by atoms with Gasteiger partial charge in [-0.3, -0.25) is 0 Å². The Hall–Kier alpha value is -1.66. The summed E-state index contributed by atoms with van der Waals surface area (Å²) < 4.78 is 10.5. The van der Waals surface area contributed by atoms with Crippen molar-refractivity contribution in [2.45, 2.75) is 13.8 Å². The zero-order chi connectivity index (χ0) is 12.3. The fourth-order valence-corrected chi connectivity index (χ4v) is 3.87. The third-order valence-corrected chi connectivity index (χ3v) is 4.74. The Morgan fingerprint density at radius 2 is 1.22 bits per heavy atom. The Morgan fingerprint density at radius 3 is 1.67 bits per heavy atom. The van der Waals surface area contributed by atoms with Gasteiger partial charge < -0.3 is 0 Å². The lowest BCUT2D eigenvalue weighted by molar-refractivity contribution is 1.19. The van der Waals surface area contributed by atoms with Gasteiger partial charge in [-0.15, -0.1) is 10.2 Å². The van der Waals surface area contributed by atoms with Gasteiger partial charge in [-0.05, 0) is 60.2 Å². The lowest BCUT2D eigenvalue weighted by Crippen LogP contribution is -1.84. The van der Waals surface area contributed by atoms with Crippen molar-refractivity contribution in [1.82, 2.24) is 19.2 Å². The van der Waals surface area contributed by atoms with E-state index in [4.69, 9.17) is 0 Å². The molecule has 2 aromatic carbocycles. The molecule has 0 fully saturated rings. The highest BCUT2D eigenvalue weighted by Crippen LogP contribution is 2.36. The fraction of sp³-hybridized carbons (Fsp3) is 0.167. The Bertz CT molecular complexity index is 831. The second kappa shape index (κ2) is 3.43. The summed E-state index contributed by atoms with van der Waals surface area (Å²) in [6, 6.07) is 4.33. The first kappa shape index (κ1) is 10.3. The maximum Gasteiger partial charge on any atom is 0.109 e. The van der Waals surface area contributed by atoms with Crippen LogP contribution in [0.2, 0.25) is 0 Å². The molecule has 2 aromatic heterocycles. The number of benzene rings is 2.